The van der Waals surface area contributed by atoms with Crippen LogP contribution in [0.25, 0.3) is 28.4 Å². The quantitative estimate of drug-likeness (QED) is 0.655. The Morgan fingerprint density at radius 1 is 1.13 bits per heavy atom. The smallest absolute Gasteiger partial charge is 0.268 e. The second-order valence-electron chi connectivity index (χ2n) is 7.40. The highest BCUT2D eigenvalue weighted by Gasteiger charge is 2.20. The molecule has 0 amide bonds. The van der Waals surface area contributed by atoms with E-state index in [9.17, 15) is 8.42 Å². The number of nitrogens with one attached hydrogen (secondary N) is 1. The van der Waals surface area contributed by atoms with Gasteiger partial charge in [0.05, 0.1) is 27.7 Å². The zero-order valence-corrected chi connectivity index (χ0v) is 17.9. The number of rotatable bonds is 5. The molecule has 3 heterocycles. The van der Waals surface area contributed by atoms with Gasteiger partial charge >= 0.3 is 0 Å². The van der Waals surface area contributed by atoms with E-state index in [2.05, 4.69) is 25.5 Å². The van der Waals surface area contributed by atoms with E-state index in [1.54, 1.807) is 44.3 Å². The summed E-state index contributed by atoms with van der Waals surface area (Å²) in [5, 5.41) is 11.1. The number of hydrogen-bond donors (Lipinski definition) is 1. The number of nitrogens with zero attached hydrogens (tertiary/aromatic N) is 4. The van der Waals surface area contributed by atoms with Crippen LogP contribution in [0.4, 0.5) is 0 Å². The first-order valence-electron chi connectivity index (χ1n) is 9.78. The van der Waals surface area contributed by atoms with E-state index in [4.69, 9.17) is 4.42 Å². The zero-order valence-electron chi connectivity index (χ0n) is 17.1. The highest BCUT2D eigenvalue weighted by Crippen LogP contribution is 2.27. The molecular formula is C21H27N5O3S. The van der Waals surface area contributed by atoms with Gasteiger partial charge in [0.2, 0.25) is 5.89 Å². The van der Waals surface area contributed by atoms with Crippen LogP contribution in [0.5, 0.6) is 0 Å². The molecule has 0 spiro atoms. The zero-order chi connectivity index (χ0) is 21.3. The second kappa shape index (κ2) is 8.08. The summed E-state index contributed by atoms with van der Waals surface area (Å²) in [6, 6.07) is 6.66. The Morgan fingerprint density at radius 3 is 2.53 bits per heavy atom. The maximum Gasteiger partial charge on any atom is 0.268 e. The Bertz CT molecular complexity index is 1210. The Labute approximate surface area is 178 Å². The molecule has 0 atom stereocenters. The molecule has 0 unspecified atom stereocenters. The SMILES string of the molecule is Cc1ncc(-c2ccc(S(=O)(=O)C(C)C)cc2)nc1-c1nnc(C2=CCNCC2)o1.[HH].[HH]. The molecule has 4 rings (SSSR count). The van der Waals surface area contributed by atoms with Gasteiger partial charge in [-0.3, -0.25) is 4.98 Å². The average Bonchev–Trinajstić information content (AvgIpc) is 3.25. The van der Waals surface area contributed by atoms with Gasteiger partial charge in [-0.1, -0.05) is 18.2 Å². The Hall–Kier alpha value is -2.91. The van der Waals surface area contributed by atoms with E-state index in [1.807, 2.05) is 13.0 Å². The minimum Gasteiger partial charge on any atom is -0.415 e. The number of aromatic nitrogens is 4. The first-order chi connectivity index (χ1) is 14.4. The van der Waals surface area contributed by atoms with Crippen molar-refractivity contribution in [3.63, 3.8) is 0 Å². The average molecular weight is 430 g/mol. The molecule has 0 aliphatic carbocycles. The number of sulfone groups is 1. The lowest BCUT2D eigenvalue weighted by Gasteiger charge is -2.10. The van der Waals surface area contributed by atoms with Crippen molar-refractivity contribution in [1.82, 2.24) is 25.5 Å². The molecule has 8 nitrogen and oxygen atoms in total. The van der Waals surface area contributed by atoms with Crippen LogP contribution in [0, 0.1) is 6.92 Å². The summed E-state index contributed by atoms with van der Waals surface area (Å²) in [5.74, 6) is 0.816. The van der Waals surface area contributed by atoms with Crippen LogP contribution < -0.4 is 5.32 Å². The van der Waals surface area contributed by atoms with Gasteiger partial charge in [0.15, 0.2) is 9.84 Å². The van der Waals surface area contributed by atoms with E-state index in [-0.39, 0.29) is 2.85 Å². The van der Waals surface area contributed by atoms with Crippen LogP contribution >= 0.6 is 0 Å². The molecule has 1 aliphatic rings. The van der Waals surface area contributed by atoms with E-state index >= 15 is 0 Å². The van der Waals surface area contributed by atoms with Crippen LogP contribution in [-0.4, -0.2) is 46.9 Å². The van der Waals surface area contributed by atoms with E-state index in [0.29, 0.717) is 33.8 Å². The summed E-state index contributed by atoms with van der Waals surface area (Å²) in [7, 11) is -3.32. The van der Waals surface area contributed by atoms with Gasteiger partial charge in [-0.25, -0.2) is 13.4 Å². The van der Waals surface area contributed by atoms with Crippen molar-refractivity contribution < 1.29 is 15.7 Å². The molecule has 0 saturated heterocycles. The van der Waals surface area contributed by atoms with Crippen LogP contribution in [0.15, 0.2) is 45.9 Å². The number of benzene rings is 1. The predicted octanol–water partition coefficient (Wildman–Crippen LogP) is 3.55. The minimum absolute atomic E-state index is 0. The molecule has 0 fully saturated rings. The van der Waals surface area contributed by atoms with E-state index in [0.717, 1.165) is 30.6 Å². The molecule has 30 heavy (non-hydrogen) atoms. The Balaban J connectivity index is 0.00000181. The highest BCUT2D eigenvalue weighted by molar-refractivity contribution is 7.92. The summed E-state index contributed by atoms with van der Waals surface area (Å²) in [5.41, 5.74) is 3.57. The fourth-order valence-electron chi connectivity index (χ4n) is 3.14. The highest BCUT2D eigenvalue weighted by atomic mass is 32.2. The van der Waals surface area contributed by atoms with Crippen LogP contribution in [-0.2, 0) is 9.84 Å². The topological polar surface area (TPSA) is 111 Å². The normalized spacial score (nSPS) is 14.7. The summed E-state index contributed by atoms with van der Waals surface area (Å²) >= 11 is 0. The second-order valence-corrected chi connectivity index (χ2v) is 9.91. The van der Waals surface area contributed by atoms with Crippen molar-refractivity contribution in [2.75, 3.05) is 13.1 Å². The molecule has 3 aromatic rings. The van der Waals surface area contributed by atoms with Gasteiger partial charge in [-0.15, -0.1) is 10.2 Å². The lowest BCUT2D eigenvalue weighted by Crippen LogP contribution is -2.20. The molecule has 1 aromatic carbocycles. The fourth-order valence-corrected chi connectivity index (χ4v) is 4.20. The van der Waals surface area contributed by atoms with Crippen LogP contribution in [0.2, 0.25) is 0 Å². The van der Waals surface area contributed by atoms with Crippen LogP contribution in [0.3, 0.4) is 0 Å². The van der Waals surface area contributed by atoms with Crippen molar-refractivity contribution in [3.8, 4) is 22.8 Å². The summed E-state index contributed by atoms with van der Waals surface area (Å²) in [6.07, 6.45) is 4.53. The van der Waals surface area contributed by atoms with Gasteiger partial charge in [-0.05, 0) is 45.9 Å². The van der Waals surface area contributed by atoms with Crippen molar-refractivity contribution >= 4 is 15.4 Å². The third-order valence-corrected chi connectivity index (χ3v) is 7.19. The largest absolute Gasteiger partial charge is 0.415 e. The predicted molar refractivity (Wildman–Crippen MR) is 118 cm³/mol. The summed E-state index contributed by atoms with van der Waals surface area (Å²) in [4.78, 5) is 9.37. The van der Waals surface area contributed by atoms with Gasteiger partial charge in [-0.2, -0.15) is 0 Å². The van der Waals surface area contributed by atoms with Crippen molar-refractivity contribution in [2.24, 2.45) is 0 Å². The van der Waals surface area contributed by atoms with Gasteiger partial charge in [0.25, 0.3) is 5.89 Å². The molecule has 9 heteroatoms. The van der Waals surface area contributed by atoms with Crippen molar-refractivity contribution in [1.29, 1.82) is 0 Å². The van der Waals surface area contributed by atoms with E-state index in [1.165, 1.54) is 0 Å². The fraction of sp³-hybridized carbons (Fsp3) is 0.333. The van der Waals surface area contributed by atoms with Crippen LogP contribution in [0.1, 0.15) is 34.7 Å². The minimum atomic E-state index is -3.32. The molecule has 160 valence electrons. The molecule has 1 aliphatic heterocycles. The molecule has 0 saturated carbocycles. The summed E-state index contributed by atoms with van der Waals surface area (Å²) in [6.45, 7) is 6.82. The molecule has 1 N–H and O–H groups in total. The maximum atomic E-state index is 12.3. The Kier molecular flexibility index (Phi) is 5.48. The molecular weight excluding hydrogens is 402 g/mol. The van der Waals surface area contributed by atoms with E-state index < -0.39 is 15.1 Å². The first kappa shape index (κ1) is 20.4. The first-order valence-corrected chi connectivity index (χ1v) is 11.3. The molecule has 0 radical (unpaired) electrons. The third kappa shape index (κ3) is 3.90. The number of hydrogen-bond acceptors (Lipinski definition) is 8. The molecule has 2 aromatic heterocycles. The van der Waals surface area contributed by atoms with Gasteiger partial charge in [0.1, 0.15) is 5.69 Å². The third-order valence-electron chi connectivity index (χ3n) is 5.02. The number of aryl methyl sites for hydroxylation is 1. The molecule has 0 bridgehead atoms. The van der Waals surface area contributed by atoms with Gasteiger partial charge < -0.3 is 9.73 Å². The van der Waals surface area contributed by atoms with Crippen molar-refractivity contribution in [2.45, 2.75) is 37.3 Å². The van der Waals surface area contributed by atoms with Gasteiger partial charge in [0, 0.05) is 20.5 Å². The monoisotopic (exact) mass is 429 g/mol. The summed E-state index contributed by atoms with van der Waals surface area (Å²) < 4.78 is 30.5. The Morgan fingerprint density at radius 2 is 1.87 bits per heavy atom. The maximum absolute atomic E-state index is 12.3. The standard InChI is InChI=1S/C21H23N5O3S.2H2/c1-13(2)30(27,28)17-6-4-15(5-7-17)18-12-23-14(3)19(24-18)21-26-25-20(29-21)16-8-10-22-11-9-16;;/h4-8,12-13,22H,9-11H2,1-3H3;2*1H. The van der Waals surface area contributed by atoms with Crippen molar-refractivity contribution in [3.05, 3.63) is 48.1 Å². The lowest BCUT2D eigenvalue weighted by atomic mass is 10.1. The lowest BCUT2D eigenvalue weighted by molar-refractivity contribution is 0.543.